The van der Waals surface area contributed by atoms with Gasteiger partial charge in [0.15, 0.2) is 0 Å². The summed E-state index contributed by atoms with van der Waals surface area (Å²) in [7, 11) is 0. The zero-order valence-corrected chi connectivity index (χ0v) is 13.8. The van der Waals surface area contributed by atoms with Crippen molar-refractivity contribution >= 4 is 34.8 Å². The Kier molecular flexibility index (Phi) is 5.79. The first-order valence-electron chi connectivity index (χ1n) is 7.45. The average Bonchev–Trinajstić information content (AvgIpc) is 2.57. The van der Waals surface area contributed by atoms with Crippen LogP contribution < -0.4 is 11.1 Å². The molecular weight excluding hydrogens is 324 g/mol. The molecule has 5 heteroatoms. The van der Waals surface area contributed by atoms with Crippen molar-refractivity contribution in [2.24, 2.45) is 5.73 Å². The summed E-state index contributed by atoms with van der Waals surface area (Å²) >= 11 is 0. The lowest BCUT2D eigenvalue weighted by Crippen LogP contribution is -2.37. The molecule has 3 aromatic carbocycles. The highest BCUT2D eigenvalue weighted by Gasteiger charge is 2.15. The number of carbonyl (C=O) groups excluding carboxylic acids is 1. The maximum Gasteiger partial charge on any atom is 0.241 e. The zero-order valence-electron chi connectivity index (χ0n) is 13.0. The normalized spacial score (nSPS) is 11.5. The fourth-order valence-corrected chi connectivity index (χ4v) is 2.54. The van der Waals surface area contributed by atoms with Gasteiger partial charge in [0.05, 0.1) is 6.04 Å². The highest BCUT2D eigenvalue weighted by Crippen LogP contribution is 2.23. The first-order valence-corrected chi connectivity index (χ1v) is 7.45. The van der Waals surface area contributed by atoms with Crippen LogP contribution in [0.15, 0.2) is 66.7 Å². The van der Waals surface area contributed by atoms with Crippen LogP contribution in [0.4, 0.5) is 5.69 Å². The van der Waals surface area contributed by atoms with Gasteiger partial charge in [0.1, 0.15) is 5.75 Å². The number of hydrogen-bond donors (Lipinski definition) is 3. The summed E-state index contributed by atoms with van der Waals surface area (Å²) < 4.78 is 0. The van der Waals surface area contributed by atoms with E-state index in [0.717, 1.165) is 22.0 Å². The summed E-state index contributed by atoms with van der Waals surface area (Å²) in [6.45, 7) is 0. The number of carbonyl (C=O) groups is 1. The molecule has 1 atom stereocenters. The molecule has 0 heterocycles. The molecule has 1 amide bonds. The number of fused-ring (bicyclic) bond motifs is 1. The number of halogens is 1. The van der Waals surface area contributed by atoms with Crippen molar-refractivity contribution in [1.82, 2.24) is 0 Å². The number of rotatable bonds is 4. The summed E-state index contributed by atoms with van der Waals surface area (Å²) in [6, 6.07) is 19.7. The Labute approximate surface area is 146 Å². The van der Waals surface area contributed by atoms with Crippen LogP contribution in [-0.2, 0) is 11.2 Å². The standard InChI is InChI=1S/C19H18N2O2.ClH/c20-17(12-13-8-10-15(22)11-9-13)19(23)21-18-7-3-5-14-4-1-2-6-16(14)18;/h1-11,17,22H,12,20H2,(H,21,23);1H/t17-;/m0./s1. The molecule has 0 aliphatic rings. The van der Waals surface area contributed by atoms with Crippen molar-refractivity contribution in [3.05, 3.63) is 72.3 Å². The number of nitrogens with one attached hydrogen (secondary N) is 1. The molecule has 4 N–H and O–H groups in total. The molecule has 0 bridgehead atoms. The lowest BCUT2D eigenvalue weighted by molar-refractivity contribution is -0.117. The van der Waals surface area contributed by atoms with Gasteiger partial charge in [-0.05, 0) is 35.6 Å². The first-order chi connectivity index (χ1) is 11.1. The van der Waals surface area contributed by atoms with Gasteiger partial charge in [0.25, 0.3) is 0 Å². The van der Waals surface area contributed by atoms with Crippen LogP contribution >= 0.6 is 12.4 Å². The van der Waals surface area contributed by atoms with E-state index < -0.39 is 6.04 Å². The smallest absolute Gasteiger partial charge is 0.241 e. The number of benzene rings is 3. The van der Waals surface area contributed by atoms with E-state index in [-0.39, 0.29) is 24.1 Å². The van der Waals surface area contributed by atoms with Crippen LogP contribution in [0.3, 0.4) is 0 Å². The van der Waals surface area contributed by atoms with Crippen LogP contribution in [0.5, 0.6) is 5.75 Å². The van der Waals surface area contributed by atoms with Crippen LogP contribution in [0.2, 0.25) is 0 Å². The molecular formula is C19H19ClN2O2. The Morgan fingerprint density at radius 3 is 2.42 bits per heavy atom. The lowest BCUT2D eigenvalue weighted by atomic mass is 10.0. The number of hydrogen-bond acceptors (Lipinski definition) is 3. The van der Waals surface area contributed by atoms with Crippen LogP contribution in [0.1, 0.15) is 5.56 Å². The number of amides is 1. The van der Waals surface area contributed by atoms with Crippen LogP contribution in [0.25, 0.3) is 10.8 Å². The van der Waals surface area contributed by atoms with Crippen molar-refractivity contribution in [1.29, 1.82) is 0 Å². The van der Waals surface area contributed by atoms with Crippen molar-refractivity contribution in [2.75, 3.05) is 5.32 Å². The topological polar surface area (TPSA) is 75.3 Å². The number of phenols is 1. The molecule has 24 heavy (non-hydrogen) atoms. The summed E-state index contributed by atoms with van der Waals surface area (Å²) in [5.41, 5.74) is 7.67. The average molecular weight is 343 g/mol. The molecule has 3 aromatic rings. The highest BCUT2D eigenvalue weighted by atomic mass is 35.5. The van der Waals surface area contributed by atoms with Gasteiger partial charge in [-0.2, -0.15) is 0 Å². The van der Waals surface area contributed by atoms with Gasteiger partial charge in [-0.1, -0.05) is 48.5 Å². The largest absolute Gasteiger partial charge is 0.508 e. The molecule has 0 unspecified atom stereocenters. The number of phenolic OH excluding ortho intramolecular Hbond substituents is 1. The Balaban J connectivity index is 0.00000208. The molecule has 0 saturated carbocycles. The third-order valence-corrected chi connectivity index (χ3v) is 3.78. The molecule has 0 spiro atoms. The second kappa shape index (κ2) is 7.81. The molecule has 4 nitrogen and oxygen atoms in total. The van der Waals surface area contributed by atoms with Crippen molar-refractivity contribution in [3.63, 3.8) is 0 Å². The molecule has 0 aromatic heterocycles. The first kappa shape index (κ1) is 17.8. The zero-order chi connectivity index (χ0) is 16.2. The predicted octanol–water partition coefficient (Wildman–Crippen LogP) is 3.48. The van der Waals surface area contributed by atoms with E-state index in [1.807, 2.05) is 42.5 Å². The summed E-state index contributed by atoms with van der Waals surface area (Å²) in [5.74, 6) is -0.0306. The maximum absolute atomic E-state index is 12.3. The van der Waals surface area contributed by atoms with Crippen LogP contribution in [0, 0.1) is 0 Å². The quantitative estimate of drug-likeness (QED) is 0.679. The third-order valence-electron chi connectivity index (χ3n) is 3.78. The van der Waals surface area contributed by atoms with Gasteiger partial charge in [0, 0.05) is 11.1 Å². The number of anilines is 1. The van der Waals surface area contributed by atoms with Gasteiger partial charge < -0.3 is 16.2 Å². The van der Waals surface area contributed by atoms with E-state index in [0.29, 0.717) is 6.42 Å². The maximum atomic E-state index is 12.3. The molecule has 0 saturated heterocycles. The molecule has 0 fully saturated rings. The van der Waals surface area contributed by atoms with Gasteiger partial charge in [-0.25, -0.2) is 0 Å². The minimum absolute atomic E-state index is 0. The second-order valence-electron chi connectivity index (χ2n) is 5.49. The van der Waals surface area contributed by atoms with Gasteiger partial charge in [-0.3, -0.25) is 4.79 Å². The van der Waals surface area contributed by atoms with E-state index in [2.05, 4.69) is 5.32 Å². The van der Waals surface area contributed by atoms with Crippen LogP contribution in [-0.4, -0.2) is 17.1 Å². The van der Waals surface area contributed by atoms with Crippen molar-refractivity contribution in [3.8, 4) is 5.75 Å². The van der Waals surface area contributed by atoms with E-state index in [9.17, 15) is 9.90 Å². The fourth-order valence-electron chi connectivity index (χ4n) is 2.54. The Hall–Kier alpha value is -2.56. The third kappa shape index (κ3) is 4.04. The summed E-state index contributed by atoms with van der Waals surface area (Å²) in [4.78, 5) is 12.3. The number of aromatic hydroxyl groups is 1. The Bertz CT molecular complexity index is 829. The van der Waals surface area contributed by atoms with E-state index in [1.165, 1.54) is 0 Å². The molecule has 0 radical (unpaired) electrons. The van der Waals surface area contributed by atoms with Gasteiger partial charge >= 0.3 is 0 Å². The van der Waals surface area contributed by atoms with Gasteiger partial charge in [-0.15, -0.1) is 12.4 Å². The van der Waals surface area contributed by atoms with E-state index in [1.54, 1.807) is 24.3 Å². The van der Waals surface area contributed by atoms with E-state index in [4.69, 9.17) is 5.73 Å². The monoisotopic (exact) mass is 342 g/mol. The SMILES string of the molecule is Cl.N[C@@H](Cc1ccc(O)cc1)C(=O)Nc1cccc2ccccc12. The lowest BCUT2D eigenvalue weighted by Gasteiger charge is -2.14. The molecule has 124 valence electrons. The number of nitrogens with two attached hydrogens (primary N) is 1. The Morgan fingerprint density at radius 1 is 1.00 bits per heavy atom. The van der Waals surface area contributed by atoms with Gasteiger partial charge in [0.2, 0.25) is 5.91 Å². The molecule has 3 rings (SSSR count). The summed E-state index contributed by atoms with van der Waals surface area (Å²) in [5, 5.41) is 14.2. The van der Waals surface area contributed by atoms with Crippen molar-refractivity contribution < 1.29 is 9.90 Å². The van der Waals surface area contributed by atoms with Crippen molar-refractivity contribution in [2.45, 2.75) is 12.5 Å². The fraction of sp³-hybridized carbons (Fsp3) is 0.105. The van der Waals surface area contributed by atoms with E-state index >= 15 is 0 Å². The highest BCUT2D eigenvalue weighted by molar-refractivity contribution is 6.03. The molecule has 0 aliphatic heterocycles. The molecule has 0 aliphatic carbocycles. The predicted molar refractivity (Wildman–Crippen MR) is 99.6 cm³/mol. The Morgan fingerprint density at radius 2 is 1.67 bits per heavy atom. The minimum Gasteiger partial charge on any atom is -0.508 e. The second-order valence-corrected chi connectivity index (χ2v) is 5.49. The summed E-state index contributed by atoms with van der Waals surface area (Å²) in [6.07, 6.45) is 0.414. The minimum atomic E-state index is -0.654.